The summed E-state index contributed by atoms with van der Waals surface area (Å²) in [6.45, 7) is 8.94. The van der Waals surface area contributed by atoms with E-state index in [1.54, 1.807) is 0 Å². The number of benzene rings is 2. The second-order valence-electron chi connectivity index (χ2n) is 5.67. The van der Waals surface area contributed by atoms with Crippen LogP contribution in [0.15, 0.2) is 36.4 Å². The average molecular weight is 318 g/mol. The Morgan fingerprint density at radius 2 is 1.04 bits per heavy atom. The van der Waals surface area contributed by atoms with E-state index in [-0.39, 0.29) is 0 Å². The quantitative estimate of drug-likeness (QED) is 0.779. The predicted molar refractivity (Wildman–Crippen MR) is 98.4 cm³/mol. The standard InChI is InChI=1S/C22H22O2/c1-17-9-11-21(15-19(17)3)23-13-7-5-6-8-14-24-22-12-10-18(2)20(4)16-22/h9-12,15-16H,13-14H2,1-4H3. The molecular weight excluding hydrogens is 296 g/mol. The first-order valence-corrected chi connectivity index (χ1v) is 7.92. The van der Waals surface area contributed by atoms with E-state index >= 15 is 0 Å². The van der Waals surface area contributed by atoms with Gasteiger partial charge < -0.3 is 9.47 Å². The van der Waals surface area contributed by atoms with Gasteiger partial charge in [0, 0.05) is 0 Å². The second kappa shape index (κ2) is 8.70. The summed E-state index contributed by atoms with van der Waals surface area (Å²) in [6.07, 6.45) is 0. The minimum Gasteiger partial charge on any atom is -0.481 e. The van der Waals surface area contributed by atoms with Gasteiger partial charge in [0.25, 0.3) is 0 Å². The lowest BCUT2D eigenvalue weighted by molar-refractivity contribution is 0.369. The van der Waals surface area contributed by atoms with Crippen molar-refractivity contribution in [1.29, 1.82) is 0 Å². The molecule has 0 amide bonds. The van der Waals surface area contributed by atoms with Crippen LogP contribution in [0.4, 0.5) is 0 Å². The maximum atomic E-state index is 5.57. The number of rotatable bonds is 4. The summed E-state index contributed by atoms with van der Waals surface area (Å²) >= 11 is 0. The Balaban J connectivity index is 1.74. The zero-order valence-electron chi connectivity index (χ0n) is 14.7. The zero-order chi connectivity index (χ0) is 17.4. The Morgan fingerprint density at radius 1 is 0.625 bits per heavy atom. The Labute approximate surface area is 144 Å². The fourth-order valence-corrected chi connectivity index (χ4v) is 2.01. The fraction of sp³-hybridized carbons (Fsp3) is 0.273. The number of ether oxygens (including phenoxy) is 2. The summed E-state index contributed by atoms with van der Waals surface area (Å²) < 4.78 is 11.1. The van der Waals surface area contributed by atoms with Gasteiger partial charge in [0.1, 0.15) is 24.7 Å². The van der Waals surface area contributed by atoms with Crippen LogP contribution >= 0.6 is 0 Å². The molecule has 0 unspecified atom stereocenters. The van der Waals surface area contributed by atoms with Crippen LogP contribution in [-0.4, -0.2) is 13.2 Å². The van der Waals surface area contributed by atoms with Crippen LogP contribution in [0, 0.1) is 51.4 Å². The Hall–Kier alpha value is -2.84. The zero-order valence-corrected chi connectivity index (χ0v) is 14.7. The molecule has 2 aromatic rings. The van der Waals surface area contributed by atoms with Crippen molar-refractivity contribution in [3.63, 3.8) is 0 Å². The molecule has 2 nitrogen and oxygen atoms in total. The van der Waals surface area contributed by atoms with E-state index in [9.17, 15) is 0 Å². The van der Waals surface area contributed by atoms with Gasteiger partial charge in [-0.25, -0.2) is 0 Å². The third-order valence-electron chi connectivity index (χ3n) is 3.82. The van der Waals surface area contributed by atoms with E-state index in [1.807, 2.05) is 36.4 Å². The highest BCUT2D eigenvalue weighted by molar-refractivity contribution is 5.35. The van der Waals surface area contributed by atoms with Gasteiger partial charge in [0.15, 0.2) is 0 Å². The summed E-state index contributed by atoms with van der Waals surface area (Å²) in [5.74, 6) is 13.0. The third kappa shape index (κ3) is 5.41. The van der Waals surface area contributed by atoms with Crippen LogP contribution in [0.25, 0.3) is 0 Å². The lowest BCUT2D eigenvalue weighted by Crippen LogP contribution is -1.95. The maximum absolute atomic E-state index is 5.57. The summed E-state index contributed by atoms with van der Waals surface area (Å²) in [7, 11) is 0. The van der Waals surface area contributed by atoms with Crippen LogP contribution in [0.3, 0.4) is 0 Å². The maximum Gasteiger partial charge on any atom is 0.150 e. The van der Waals surface area contributed by atoms with Crippen molar-refractivity contribution in [3.05, 3.63) is 58.7 Å². The van der Waals surface area contributed by atoms with Crippen molar-refractivity contribution < 1.29 is 9.47 Å². The van der Waals surface area contributed by atoms with Crippen LogP contribution in [0.2, 0.25) is 0 Å². The summed E-state index contributed by atoms with van der Waals surface area (Å²) in [5, 5.41) is 0. The largest absolute Gasteiger partial charge is 0.481 e. The molecule has 0 N–H and O–H groups in total. The van der Waals surface area contributed by atoms with E-state index in [4.69, 9.17) is 9.47 Å². The molecule has 0 saturated heterocycles. The highest BCUT2D eigenvalue weighted by Crippen LogP contribution is 2.16. The highest BCUT2D eigenvalue weighted by Gasteiger charge is 1.96. The van der Waals surface area contributed by atoms with Gasteiger partial charge in [-0.3, -0.25) is 0 Å². The number of aryl methyl sites for hydroxylation is 4. The molecule has 122 valence electrons. The first kappa shape index (κ1) is 17.5. The molecule has 0 radical (unpaired) electrons. The van der Waals surface area contributed by atoms with Crippen molar-refractivity contribution in [2.24, 2.45) is 0 Å². The molecule has 0 atom stereocenters. The lowest BCUT2D eigenvalue weighted by atomic mass is 10.1. The molecule has 0 aromatic heterocycles. The Kier molecular flexibility index (Phi) is 6.35. The average Bonchev–Trinajstić information content (AvgIpc) is 2.56. The van der Waals surface area contributed by atoms with Crippen LogP contribution < -0.4 is 9.47 Å². The van der Waals surface area contributed by atoms with Gasteiger partial charge in [-0.1, -0.05) is 12.1 Å². The molecule has 2 heteroatoms. The molecule has 0 heterocycles. The molecule has 0 fully saturated rings. The number of hydrogen-bond donors (Lipinski definition) is 0. The first-order valence-electron chi connectivity index (χ1n) is 7.92. The SMILES string of the molecule is Cc1ccc(OCC#CC#CCOc2ccc(C)c(C)c2)cc1C. The van der Waals surface area contributed by atoms with Gasteiger partial charge in [0.2, 0.25) is 0 Å². The van der Waals surface area contributed by atoms with Gasteiger partial charge in [0.05, 0.1) is 0 Å². The van der Waals surface area contributed by atoms with E-state index in [0.29, 0.717) is 13.2 Å². The predicted octanol–water partition coefficient (Wildman–Crippen LogP) is 4.38. The van der Waals surface area contributed by atoms with Crippen molar-refractivity contribution in [1.82, 2.24) is 0 Å². The van der Waals surface area contributed by atoms with Crippen molar-refractivity contribution >= 4 is 0 Å². The molecule has 24 heavy (non-hydrogen) atoms. The smallest absolute Gasteiger partial charge is 0.150 e. The van der Waals surface area contributed by atoms with Gasteiger partial charge >= 0.3 is 0 Å². The van der Waals surface area contributed by atoms with Crippen LogP contribution in [0.1, 0.15) is 22.3 Å². The second-order valence-corrected chi connectivity index (χ2v) is 5.67. The van der Waals surface area contributed by atoms with Crippen molar-refractivity contribution in [2.45, 2.75) is 27.7 Å². The van der Waals surface area contributed by atoms with Gasteiger partial charge in [-0.15, -0.1) is 0 Å². The first-order chi connectivity index (χ1) is 11.6. The Morgan fingerprint density at radius 3 is 1.42 bits per heavy atom. The minimum atomic E-state index is 0.329. The summed E-state index contributed by atoms with van der Waals surface area (Å²) in [5.41, 5.74) is 4.93. The lowest BCUT2D eigenvalue weighted by Gasteiger charge is -2.04. The topological polar surface area (TPSA) is 18.5 Å². The van der Waals surface area contributed by atoms with E-state index in [2.05, 4.69) is 51.4 Å². The van der Waals surface area contributed by atoms with Crippen molar-refractivity contribution in [3.8, 4) is 35.2 Å². The van der Waals surface area contributed by atoms with E-state index in [0.717, 1.165) is 11.5 Å². The molecule has 0 aliphatic rings. The normalized spacial score (nSPS) is 9.33. The van der Waals surface area contributed by atoms with Gasteiger partial charge in [-0.2, -0.15) is 0 Å². The fourth-order valence-electron chi connectivity index (χ4n) is 2.01. The van der Waals surface area contributed by atoms with E-state index in [1.165, 1.54) is 22.3 Å². The molecule has 0 aliphatic heterocycles. The molecule has 0 saturated carbocycles. The highest BCUT2D eigenvalue weighted by atomic mass is 16.5. The number of hydrogen-bond acceptors (Lipinski definition) is 2. The monoisotopic (exact) mass is 318 g/mol. The molecule has 2 rings (SSSR count). The van der Waals surface area contributed by atoms with Gasteiger partial charge in [-0.05, 0) is 97.9 Å². The van der Waals surface area contributed by atoms with Crippen LogP contribution in [-0.2, 0) is 0 Å². The molecule has 0 aliphatic carbocycles. The van der Waals surface area contributed by atoms with Crippen LogP contribution in [0.5, 0.6) is 11.5 Å². The summed E-state index contributed by atoms with van der Waals surface area (Å²) in [4.78, 5) is 0. The Bertz CT molecular complexity index is 755. The molecule has 0 spiro atoms. The summed E-state index contributed by atoms with van der Waals surface area (Å²) in [6, 6.07) is 12.0. The van der Waals surface area contributed by atoms with Crippen molar-refractivity contribution in [2.75, 3.05) is 13.2 Å². The van der Waals surface area contributed by atoms with E-state index < -0.39 is 0 Å². The molecule has 0 bridgehead atoms. The minimum absolute atomic E-state index is 0.329. The third-order valence-corrected chi connectivity index (χ3v) is 3.82. The molecule has 2 aromatic carbocycles. The molecular formula is C22H22O2.